The minimum atomic E-state index is -0.774. The van der Waals surface area contributed by atoms with Crippen molar-refractivity contribution in [2.45, 2.75) is 33.2 Å². The highest BCUT2D eigenvalue weighted by Crippen LogP contribution is 2.20. The third kappa shape index (κ3) is 4.19. The Hall–Kier alpha value is -1.65. The Kier molecular flexibility index (Phi) is 5.27. The molecular weight excluding hydrogens is 250 g/mol. The summed E-state index contributed by atoms with van der Waals surface area (Å²) in [6.45, 7) is 5.96. The third-order valence-corrected chi connectivity index (χ3v) is 2.76. The van der Waals surface area contributed by atoms with Gasteiger partial charge in [0.2, 0.25) is 0 Å². The van der Waals surface area contributed by atoms with Crippen LogP contribution >= 0.6 is 0 Å². The van der Waals surface area contributed by atoms with E-state index in [-0.39, 0.29) is 17.3 Å². The molecule has 1 atom stereocenters. The zero-order valence-electron chi connectivity index (χ0n) is 11.7. The minimum absolute atomic E-state index is 0.00962. The van der Waals surface area contributed by atoms with Crippen molar-refractivity contribution >= 4 is 11.6 Å². The van der Waals surface area contributed by atoms with Crippen molar-refractivity contribution in [2.24, 2.45) is 5.92 Å². The van der Waals surface area contributed by atoms with Crippen LogP contribution in [-0.4, -0.2) is 19.0 Å². The summed E-state index contributed by atoms with van der Waals surface area (Å²) in [5.74, 6) is -1.57. The summed E-state index contributed by atoms with van der Waals surface area (Å²) in [4.78, 5) is 11.9. The van der Waals surface area contributed by atoms with E-state index in [1.54, 1.807) is 0 Å². The van der Waals surface area contributed by atoms with Crippen LogP contribution in [0.3, 0.4) is 0 Å². The van der Waals surface area contributed by atoms with Gasteiger partial charge < -0.3 is 10.6 Å². The Morgan fingerprint density at radius 2 is 1.74 bits per heavy atom. The van der Waals surface area contributed by atoms with Crippen LogP contribution in [0.1, 0.15) is 37.6 Å². The summed E-state index contributed by atoms with van der Waals surface area (Å²) >= 11 is 0. The molecule has 1 aromatic carbocycles. The molecule has 0 bridgehead atoms. The fourth-order valence-electron chi connectivity index (χ4n) is 2.02. The number of hydrogen-bond acceptors (Lipinski definition) is 2. The molecule has 5 heteroatoms. The summed E-state index contributed by atoms with van der Waals surface area (Å²) < 4.78 is 27.1. The SMILES string of the molecule is CNc1c(F)cc(C(=O)NC(C)CC(C)C)cc1F. The van der Waals surface area contributed by atoms with Crippen molar-refractivity contribution in [2.75, 3.05) is 12.4 Å². The number of nitrogens with one attached hydrogen (secondary N) is 2. The van der Waals surface area contributed by atoms with Gasteiger partial charge in [-0.05, 0) is 31.4 Å². The third-order valence-electron chi connectivity index (χ3n) is 2.76. The van der Waals surface area contributed by atoms with E-state index in [2.05, 4.69) is 10.6 Å². The largest absolute Gasteiger partial charge is 0.383 e. The second kappa shape index (κ2) is 6.50. The van der Waals surface area contributed by atoms with E-state index < -0.39 is 17.5 Å². The lowest BCUT2D eigenvalue weighted by molar-refractivity contribution is 0.0935. The second-order valence-electron chi connectivity index (χ2n) is 5.07. The van der Waals surface area contributed by atoms with Gasteiger partial charge in [0.1, 0.15) is 17.3 Å². The molecule has 0 aliphatic heterocycles. The Morgan fingerprint density at radius 1 is 1.21 bits per heavy atom. The molecule has 19 heavy (non-hydrogen) atoms. The maximum Gasteiger partial charge on any atom is 0.251 e. The quantitative estimate of drug-likeness (QED) is 0.863. The van der Waals surface area contributed by atoms with Crippen LogP contribution in [0.15, 0.2) is 12.1 Å². The number of benzene rings is 1. The molecule has 0 heterocycles. The van der Waals surface area contributed by atoms with Crippen LogP contribution in [0.2, 0.25) is 0 Å². The molecule has 1 aromatic rings. The first-order valence-electron chi connectivity index (χ1n) is 6.32. The molecule has 0 aliphatic rings. The molecule has 0 saturated heterocycles. The molecule has 106 valence electrons. The molecule has 0 aliphatic carbocycles. The lowest BCUT2D eigenvalue weighted by Crippen LogP contribution is -2.33. The summed E-state index contributed by atoms with van der Waals surface area (Å²) in [6, 6.07) is 2.03. The second-order valence-corrected chi connectivity index (χ2v) is 5.07. The first kappa shape index (κ1) is 15.4. The maximum absolute atomic E-state index is 13.5. The molecule has 1 unspecified atom stereocenters. The maximum atomic E-state index is 13.5. The van der Waals surface area contributed by atoms with Gasteiger partial charge in [0.25, 0.3) is 5.91 Å². The van der Waals surface area contributed by atoms with Gasteiger partial charge in [0.05, 0.1) is 0 Å². The molecule has 0 radical (unpaired) electrons. The molecule has 0 spiro atoms. The number of halogens is 2. The minimum Gasteiger partial charge on any atom is -0.383 e. The predicted octanol–water partition coefficient (Wildman–Crippen LogP) is 3.17. The Morgan fingerprint density at radius 3 is 2.16 bits per heavy atom. The van der Waals surface area contributed by atoms with Crippen LogP contribution in [-0.2, 0) is 0 Å². The smallest absolute Gasteiger partial charge is 0.251 e. The highest BCUT2D eigenvalue weighted by molar-refractivity contribution is 5.94. The van der Waals surface area contributed by atoms with Crippen LogP contribution in [0.25, 0.3) is 0 Å². The first-order chi connectivity index (χ1) is 8.85. The lowest BCUT2D eigenvalue weighted by atomic mass is 10.0. The van der Waals surface area contributed by atoms with Crippen molar-refractivity contribution in [1.82, 2.24) is 5.32 Å². The highest BCUT2D eigenvalue weighted by Gasteiger charge is 2.16. The van der Waals surface area contributed by atoms with Gasteiger partial charge in [-0.2, -0.15) is 0 Å². The van der Waals surface area contributed by atoms with Gasteiger partial charge >= 0.3 is 0 Å². The Bertz CT molecular complexity index is 438. The summed E-state index contributed by atoms with van der Waals surface area (Å²) in [5, 5.41) is 5.14. The van der Waals surface area contributed by atoms with Crippen molar-refractivity contribution in [3.05, 3.63) is 29.3 Å². The monoisotopic (exact) mass is 270 g/mol. The van der Waals surface area contributed by atoms with Crippen molar-refractivity contribution in [3.63, 3.8) is 0 Å². The molecule has 2 N–H and O–H groups in total. The number of amides is 1. The van der Waals surface area contributed by atoms with E-state index in [4.69, 9.17) is 0 Å². The van der Waals surface area contributed by atoms with Gasteiger partial charge in [-0.15, -0.1) is 0 Å². The molecule has 0 saturated carbocycles. The van der Waals surface area contributed by atoms with Crippen LogP contribution in [0.5, 0.6) is 0 Å². The van der Waals surface area contributed by atoms with E-state index in [1.807, 2.05) is 20.8 Å². The fourth-order valence-corrected chi connectivity index (χ4v) is 2.02. The fraction of sp³-hybridized carbons (Fsp3) is 0.500. The highest BCUT2D eigenvalue weighted by atomic mass is 19.1. The molecule has 3 nitrogen and oxygen atoms in total. The Labute approximate surface area is 112 Å². The van der Waals surface area contributed by atoms with E-state index in [0.29, 0.717) is 5.92 Å². The van der Waals surface area contributed by atoms with Crippen LogP contribution < -0.4 is 10.6 Å². The van der Waals surface area contributed by atoms with E-state index in [0.717, 1.165) is 18.6 Å². The zero-order chi connectivity index (χ0) is 14.6. The van der Waals surface area contributed by atoms with E-state index >= 15 is 0 Å². The van der Waals surface area contributed by atoms with Crippen molar-refractivity contribution < 1.29 is 13.6 Å². The molecule has 0 aromatic heterocycles. The average molecular weight is 270 g/mol. The molecule has 1 rings (SSSR count). The number of carbonyl (C=O) groups excluding carboxylic acids is 1. The summed E-state index contributed by atoms with van der Waals surface area (Å²) in [5.41, 5.74) is -0.239. The van der Waals surface area contributed by atoms with Crippen molar-refractivity contribution in [3.8, 4) is 0 Å². The van der Waals surface area contributed by atoms with E-state index in [9.17, 15) is 13.6 Å². The number of anilines is 1. The number of rotatable bonds is 5. The van der Waals surface area contributed by atoms with E-state index in [1.165, 1.54) is 7.05 Å². The average Bonchev–Trinajstić information content (AvgIpc) is 2.26. The number of carbonyl (C=O) groups is 1. The number of hydrogen-bond donors (Lipinski definition) is 2. The molecule has 0 fully saturated rings. The molecular formula is C14H20F2N2O. The summed E-state index contributed by atoms with van der Waals surface area (Å²) in [6.07, 6.45) is 0.811. The van der Waals surface area contributed by atoms with Gasteiger partial charge in [-0.25, -0.2) is 8.78 Å². The van der Waals surface area contributed by atoms with Gasteiger partial charge in [-0.1, -0.05) is 13.8 Å². The zero-order valence-corrected chi connectivity index (χ0v) is 11.7. The van der Waals surface area contributed by atoms with Crippen LogP contribution in [0, 0.1) is 17.6 Å². The normalized spacial score (nSPS) is 12.4. The first-order valence-corrected chi connectivity index (χ1v) is 6.32. The predicted molar refractivity (Wildman–Crippen MR) is 72.3 cm³/mol. The molecule has 1 amide bonds. The Balaban J connectivity index is 2.83. The van der Waals surface area contributed by atoms with Crippen molar-refractivity contribution in [1.29, 1.82) is 0 Å². The topological polar surface area (TPSA) is 41.1 Å². The van der Waals surface area contributed by atoms with Gasteiger partial charge in [0, 0.05) is 18.7 Å². The van der Waals surface area contributed by atoms with Gasteiger partial charge in [-0.3, -0.25) is 4.79 Å². The summed E-state index contributed by atoms with van der Waals surface area (Å²) in [7, 11) is 1.42. The van der Waals surface area contributed by atoms with Gasteiger partial charge in [0.15, 0.2) is 0 Å². The van der Waals surface area contributed by atoms with Crippen LogP contribution in [0.4, 0.5) is 14.5 Å². The lowest BCUT2D eigenvalue weighted by Gasteiger charge is -2.16. The standard InChI is InChI=1S/C14H20F2N2O/c1-8(2)5-9(3)18-14(19)10-6-11(15)13(17-4)12(16)7-10/h6-9,17H,5H2,1-4H3,(H,18,19).